The Kier molecular flexibility index (Phi) is 6.38. The number of aliphatic hydroxyl groups is 1. The van der Waals surface area contributed by atoms with Crippen molar-refractivity contribution in [3.63, 3.8) is 0 Å². The Labute approximate surface area is 152 Å². The van der Waals surface area contributed by atoms with Crippen molar-refractivity contribution in [1.29, 1.82) is 0 Å². The maximum Gasteiger partial charge on any atom is 0.337 e. The van der Waals surface area contributed by atoms with Crippen LogP contribution in [0.15, 0.2) is 29.2 Å². The number of nitrogens with zero attached hydrogens (tertiary/aromatic N) is 1. The normalized spacial score (nSPS) is 18.5. The number of hydrogen-bond acceptors (Lipinski definition) is 5. The first-order valence-corrected chi connectivity index (χ1v) is 9.93. The standard InChI is InChI=1S/C17H24N2O6S/c1-17(23,16(21)22)12-18-15(20)13-6-8-14(9-7-13)26(24,25)19-10-4-2-3-5-11-19/h6-9,23H,2-5,10-12H2,1H3,(H,18,20)(H,21,22). The van der Waals surface area contributed by atoms with Crippen molar-refractivity contribution < 1.29 is 28.2 Å². The Hall–Kier alpha value is -1.97. The van der Waals surface area contributed by atoms with Gasteiger partial charge in [0, 0.05) is 18.7 Å². The average Bonchev–Trinajstić information content (AvgIpc) is 2.89. The van der Waals surface area contributed by atoms with Gasteiger partial charge in [0.25, 0.3) is 5.91 Å². The number of rotatable bonds is 6. The van der Waals surface area contributed by atoms with E-state index in [0.717, 1.165) is 32.6 Å². The van der Waals surface area contributed by atoms with Crippen LogP contribution in [0.25, 0.3) is 0 Å². The molecule has 1 aliphatic heterocycles. The third kappa shape index (κ3) is 4.80. The maximum absolute atomic E-state index is 12.7. The van der Waals surface area contributed by atoms with Crippen LogP contribution in [-0.4, -0.2) is 60.0 Å². The first-order chi connectivity index (χ1) is 12.1. The summed E-state index contributed by atoms with van der Waals surface area (Å²) in [4.78, 5) is 23.0. The lowest BCUT2D eigenvalue weighted by Gasteiger charge is -2.20. The average molecular weight is 384 g/mol. The van der Waals surface area contributed by atoms with Gasteiger partial charge in [-0.25, -0.2) is 13.2 Å². The molecule has 1 atom stereocenters. The third-order valence-corrected chi connectivity index (χ3v) is 6.29. The molecule has 3 N–H and O–H groups in total. The van der Waals surface area contributed by atoms with Crippen LogP contribution in [0.4, 0.5) is 0 Å². The highest BCUT2D eigenvalue weighted by atomic mass is 32.2. The number of carbonyl (C=O) groups excluding carboxylic acids is 1. The SMILES string of the molecule is CC(O)(CNC(=O)c1ccc(S(=O)(=O)N2CCCCCC2)cc1)C(=O)O. The Bertz CT molecular complexity index is 750. The molecule has 1 amide bonds. The molecule has 9 heteroatoms. The first kappa shape index (κ1) is 20.3. The molecule has 1 aromatic rings. The van der Waals surface area contributed by atoms with Crippen LogP contribution in [0.5, 0.6) is 0 Å². The molecule has 0 spiro atoms. The molecule has 1 aliphatic rings. The molecule has 0 aromatic heterocycles. The molecule has 144 valence electrons. The number of aliphatic carboxylic acids is 1. The van der Waals surface area contributed by atoms with Gasteiger partial charge in [-0.05, 0) is 44.0 Å². The Balaban J connectivity index is 2.07. The fraction of sp³-hybridized carbons (Fsp3) is 0.529. The van der Waals surface area contributed by atoms with E-state index in [-0.39, 0.29) is 10.5 Å². The molecule has 26 heavy (non-hydrogen) atoms. The molecular formula is C17H24N2O6S. The molecule has 0 saturated carbocycles. The van der Waals surface area contributed by atoms with Gasteiger partial charge in [0.15, 0.2) is 5.60 Å². The molecular weight excluding hydrogens is 360 g/mol. The molecule has 1 saturated heterocycles. The van der Waals surface area contributed by atoms with Gasteiger partial charge in [0.1, 0.15) is 0 Å². The number of nitrogens with one attached hydrogen (secondary N) is 1. The lowest BCUT2D eigenvalue weighted by Crippen LogP contribution is -2.46. The van der Waals surface area contributed by atoms with Gasteiger partial charge in [-0.3, -0.25) is 4.79 Å². The Morgan fingerprint density at radius 1 is 1.12 bits per heavy atom. The zero-order valence-corrected chi connectivity index (χ0v) is 15.5. The summed E-state index contributed by atoms with van der Waals surface area (Å²) >= 11 is 0. The van der Waals surface area contributed by atoms with Crippen LogP contribution in [0, 0.1) is 0 Å². The smallest absolute Gasteiger partial charge is 0.337 e. The highest BCUT2D eigenvalue weighted by molar-refractivity contribution is 7.89. The van der Waals surface area contributed by atoms with E-state index in [1.54, 1.807) is 0 Å². The highest BCUT2D eigenvalue weighted by Crippen LogP contribution is 2.20. The van der Waals surface area contributed by atoms with Crippen molar-refractivity contribution in [1.82, 2.24) is 9.62 Å². The lowest BCUT2D eigenvalue weighted by molar-refractivity contribution is -0.155. The molecule has 2 rings (SSSR count). The van der Waals surface area contributed by atoms with Gasteiger partial charge in [-0.15, -0.1) is 0 Å². The summed E-state index contributed by atoms with van der Waals surface area (Å²) in [5.41, 5.74) is -1.90. The van der Waals surface area contributed by atoms with Crippen LogP contribution >= 0.6 is 0 Å². The van der Waals surface area contributed by atoms with Gasteiger partial charge >= 0.3 is 5.97 Å². The van der Waals surface area contributed by atoms with Crippen molar-refractivity contribution in [3.8, 4) is 0 Å². The van der Waals surface area contributed by atoms with E-state index in [0.29, 0.717) is 13.1 Å². The van der Waals surface area contributed by atoms with Crippen LogP contribution < -0.4 is 5.32 Å². The quantitative estimate of drug-likeness (QED) is 0.667. The molecule has 8 nitrogen and oxygen atoms in total. The van der Waals surface area contributed by atoms with E-state index in [1.165, 1.54) is 28.6 Å². The van der Waals surface area contributed by atoms with E-state index in [9.17, 15) is 23.1 Å². The van der Waals surface area contributed by atoms with Gasteiger partial charge < -0.3 is 15.5 Å². The molecule has 1 unspecified atom stereocenters. The number of carboxylic acid groups (broad SMARTS) is 1. The molecule has 0 bridgehead atoms. The van der Waals surface area contributed by atoms with E-state index < -0.39 is 34.0 Å². The van der Waals surface area contributed by atoms with Gasteiger partial charge in [-0.2, -0.15) is 4.31 Å². The molecule has 1 aromatic carbocycles. The maximum atomic E-state index is 12.7. The van der Waals surface area contributed by atoms with Gasteiger partial charge in [0.05, 0.1) is 11.4 Å². The van der Waals surface area contributed by atoms with Crippen LogP contribution in [-0.2, 0) is 14.8 Å². The summed E-state index contributed by atoms with van der Waals surface area (Å²) in [5.74, 6) is -2.04. The fourth-order valence-corrected chi connectivity index (χ4v) is 4.16. The second kappa shape index (κ2) is 8.15. The number of carbonyl (C=O) groups is 2. The summed E-state index contributed by atoms with van der Waals surface area (Å²) in [6, 6.07) is 5.47. The van der Waals surface area contributed by atoms with Crippen molar-refractivity contribution in [3.05, 3.63) is 29.8 Å². The van der Waals surface area contributed by atoms with Crippen molar-refractivity contribution >= 4 is 21.9 Å². The second-order valence-corrected chi connectivity index (χ2v) is 8.54. The minimum absolute atomic E-state index is 0.119. The van der Waals surface area contributed by atoms with E-state index in [1.807, 2.05) is 0 Å². The Morgan fingerprint density at radius 3 is 2.15 bits per heavy atom. The predicted molar refractivity (Wildman–Crippen MR) is 94.3 cm³/mol. The third-order valence-electron chi connectivity index (χ3n) is 4.37. The van der Waals surface area contributed by atoms with E-state index >= 15 is 0 Å². The number of sulfonamides is 1. The molecule has 0 radical (unpaired) electrons. The van der Waals surface area contributed by atoms with Crippen LogP contribution in [0.1, 0.15) is 43.0 Å². The highest BCUT2D eigenvalue weighted by Gasteiger charge is 2.30. The summed E-state index contributed by atoms with van der Waals surface area (Å²) in [6.45, 7) is 1.60. The summed E-state index contributed by atoms with van der Waals surface area (Å²) < 4.78 is 26.8. The van der Waals surface area contributed by atoms with Gasteiger partial charge in [-0.1, -0.05) is 12.8 Å². The molecule has 1 fully saturated rings. The molecule has 1 heterocycles. The Morgan fingerprint density at radius 2 is 1.65 bits per heavy atom. The largest absolute Gasteiger partial charge is 0.479 e. The van der Waals surface area contributed by atoms with E-state index in [4.69, 9.17) is 5.11 Å². The van der Waals surface area contributed by atoms with Crippen LogP contribution in [0.2, 0.25) is 0 Å². The predicted octanol–water partition coefficient (Wildman–Crippen LogP) is 0.817. The minimum atomic E-state index is -3.59. The summed E-state index contributed by atoms with van der Waals surface area (Å²) in [6.07, 6.45) is 3.71. The second-order valence-electron chi connectivity index (χ2n) is 6.60. The minimum Gasteiger partial charge on any atom is -0.479 e. The fourth-order valence-electron chi connectivity index (χ4n) is 2.64. The molecule has 0 aliphatic carbocycles. The van der Waals surface area contributed by atoms with Crippen molar-refractivity contribution in [2.45, 2.75) is 43.1 Å². The van der Waals surface area contributed by atoms with E-state index in [2.05, 4.69) is 5.32 Å². The van der Waals surface area contributed by atoms with Gasteiger partial charge in [0.2, 0.25) is 10.0 Å². The van der Waals surface area contributed by atoms with Crippen molar-refractivity contribution in [2.75, 3.05) is 19.6 Å². The zero-order chi connectivity index (χ0) is 19.4. The zero-order valence-electron chi connectivity index (χ0n) is 14.6. The topological polar surface area (TPSA) is 124 Å². The number of hydrogen-bond donors (Lipinski definition) is 3. The first-order valence-electron chi connectivity index (χ1n) is 8.49. The summed E-state index contributed by atoms with van der Waals surface area (Å²) in [5, 5.41) is 20.7. The summed E-state index contributed by atoms with van der Waals surface area (Å²) in [7, 11) is -3.59. The van der Waals surface area contributed by atoms with Crippen LogP contribution in [0.3, 0.4) is 0 Å². The number of carboxylic acids is 1. The monoisotopic (exact) mass is 384 g/mol. The van der Waals surface area contributed by atoms with Crippen molar-refractivity contribution in [2.24, 2.45) is 0 Å². The lowest BCUT2D eigenvalue weighted by atomic mass is 10.1. The number of benzene rings is 1. The number of amides is 1.